The maximum absolute atomic E-state index is 5.74. The van der Waals surface area contributed by atoms with E-state index in [1.807, 2.05) is 60.7 Å². The normalized spacial score (nSPS) is 11.7. The molecule has 0 saturated heterocycles. The van der Waals surface area contributed by atoms with Crippen LogP contribution in [0.15, 0.2) is 65.1 Å². The van der Waals surface area contributed by atoms with Gasteiger partial charge in [-0.2, -0.15) is 0 Å². The van der Waals surface area contributed by atoms with Gasteiger partial charge in [0, 0.05) is 22.1 Å². The van der Waals surface area contributed by atoms with Gasteiger partial charge < -0.3 is 9.40 Å². The summed E-state index contributed by atoms with van der Waals surface area (Å²) in [6, 6.07) is 19.8. The van der Waals surface area contributed by atoms with Crippen LogP contribution in [0, 0.1) is 6.26 Å². The second kappa shape index (κ2) is 5.28. The van der Waals surface area contributed by atoms with Gasteiger partial charge >= 0.3 is 0 Å². The van der Waals surface area contributed by atoms with Gasteiger partial charge in [0.05, 0.1) is 16.6 Å². The number of aromatic amines is 2. The van der Waals surface area contributed by atoms with E-state index >= 15 is 0 Å². The van der Waals surface area contributed by atoms with Crippen molar-refractivity contribution in [3.63, 3.8) is 0 Å². The molecule has 0 unspecified atom stereocenters. The van der Waals surface area contributed by atoms with Gasteiger partial charge in [0.2, 0.25) is 0 Å². The highest BCUT2D eigenvalue weighted by molar-refractivity contribution is 6.07. The molecule has 0 aliphatic heterocycles. The monoisotopic (exact) mass is 350 g/mol. The number of benzene rings is 3. The van der Waals surface area contributed by atoms with Crippen molar-refractivity contribution in [3.8, 4) is 22.5 Å². The zero-order valence-electron chi connectivity index (χ0n) is 14.0. The fourth-order valence-electron chi connectivity index (χ4n) is 3.57. The average Bonchev–Trinajstić information content (AvgIpc) is 3.44. The molecule has 0 aliphatic carbocycles. The summed E-state index contributed by atoms with van der Waals surface area (Å²) in [5, 5.41) is 12.0. The summed E-state index contributed by atoms with van der Waals surface area (Å²) < 4.78 is 5.74. The first-order valence-corrected chi connectivity index (χ1v) is 8.57. The Kier molecular flexibility index (Phi) is 2.79. The summed E-state index contributed by atoms with van der Waals surface area (Å²) in [6.45, 7) is 0. The van der Waals surface area contributed by atoms with Crippen LogP contribution in [-0.2, 0) is 0 Å². The molecule has 127 valence electrons. The predicted molar refractivity (Wildman–Crippen MR) is 103 cm³/mol. The second-order valence-corrected chi connectivity index (χ2v) is 6.37. The van der Waals surface area contributed by atoms with E-state index in [-0.39, 0.29) is 0 Å². The van der Waals surface area contributed by atoms with E-state index in [4.69, 9.17) is 9.40 Å². The summed E-state index contributed by atoms with van der Waals surface area (Å²) in [4.78, 5) is 8.16. The van der Waals surface area contributed by atoms with E-state index in [2.05, 4.69) is 26.7 Å². The summed E-state index contributed by atoms with van der Waals surface area (Å²) in [7, 11) is 0. The minimum atomic E-state index is 0.753. The number of nitrogens with zero attached hydrogens (tertiary/aromatic N) is 3. The third-order valence-corrected chi connectivity index (χ3v) is 4.81. The van der Waals surface area contributed by atoms with Crippen LogP contribution in [0.1, 0.15) is 0 Å². The van der Waals surface area contributed by atoms with Crippen LogP contribution in [0.25, 0.3) is 55.6 Å². The molecule has 6 heteroatoms. The van der Waals surface area contributed by atoms with Gasteiger partial charge in [-0.15, -0.1) is 5.10 Å². The molecule has 0 fully saturated rings. The Hall–Kier alpha value is -3.93. The molecule has 6 aromatic rings. The summed E-state index contributed by atoms with van der Waals surface area (Å²) in [5.74, 6) is 0.796. The zero-order valence-corrected chi connectivity index (χ0v) is 14.0. The van der Waals surface area contributed by atoms with Gasteiger partial charge in [0.1, 0.15) is 16.9 Å². The van der Waals surface area contributed by atoms with Crippen LogP contribution in [-0.4, -0.2) is 25.4 Å². The Bertz CT molecular complexity index is 1410. The van der Waals surface area contributed by atoms with Crippen LogP contribution < -0.4 is 0 Å². The zero-order chi connectivity index (χ0) is 17.8. The largest absolute Gasteiger partial charge is 0.452 e. The third kappa shape index (κ3) is 2.04. The molecular formula is C21H12N5O. The molecule has 0 bridgehead atoms. The fourth-order valence-corrected chi connectivity index (χ4v) is 3.57. The lowest BCUT2D eigenvalue weighted by atomic mass is 9.99. The molecule has 3 aromatic carbocycles. The number of nitrogens with one attached hydrogen (secondary N) is 2. The van der Waals surface area contributed by atoms with Gasteiger partial charge in [-0.05, 0) is 24.3 Å². The van der Waals surface area contributed by atoms with Crippen LogP contribution in [0.3, 0.4) is 0 Å². The van der Waals surface area contributed by atoms with Crippen molar-refractivity contribution in [3.05, 3.63) is 66.9 Å². The SMILES string of the molecule is [c]1oc2cccc(-c3nc4ccccc4[nH]3)c2c1-c1cccc2[nH]nnc12. The fraction of sp³-hybridized carbons (Fsp3) is 0. The maximum atomic E-state index is 5.74. The standard InChI is InChI=1S/C21H12N5O/c1-2-8-16-15(7-1)22-21(23-16)13-6-4-10-18-19(13)14(11-27-18)12-5-3-9-17-20(12)25-26-24-17/h1-10H,(H,22,23)(H,24,25,26). The minimum Gasteiger partial charge on any atom is -0.452 e. The molecule has 0 spiro atoms. The second-order valence-electron chi connectivity index (χ2n) is 6.37. The van der Waals surface area contributed by atoms with Gasteiger partial charge in [-0.1, -0.05) is 41.6 Å². The van der Waals surface area contributed by atoms with E-state index in [9.17, 15) is 0 Å². The van der Waals surface area contributed by atoms with E-state index in [1.54, 1.807) is 0 Å². The highest BCUT2D eigenvalue weighted by Crippen LogP contribution is 2.38. The molecule has 2 N–H and O–H groups in total. The van der Waals surface area contributed by atoms with Crippen molar-refractivity contribution in [2.24, 2.45) is 0 Å². The number of para-hydroxylation sites is 2. The van der Waals surface area contributed by atoms with Crippen molar-refractivity contribution in [1.82, 2.24) is 25.4 Å². The molecule has 0 atom stereocenters. The number of aromatic nitrogens is 5. The first-order chi connectivity index (χ1) is 13.4. The first kappa shape index (κ1) is 14.3. The number of imidazole rings is 1. The maximum Gasteiger partial charge on any atom is 0.179 e. The molecule has 1 radical (unpaired) electrons. The van der Waals surface area contributed by atoms with E-state index in [0.717, 1.165) is 55.6 Å². The smallest absolute Gasteiger partial charge is 0.179 e. The average molecular weight is 350 g/mol. The van der Waals surface area contributed by atoms with Crippen molar-refractivity contribution in [1.29, 1.82) is 0 Å². The van der Waals surface area contributed by atoms with Gasteiger partial charge in [-0.25, -0.2) is 4.98 Å². The number of fused-ring (bicyclic) bond motifs is 3. The van der Waals surface area contributed by atoms with Gasteiger partial charge in [0.25, 0.3) is 0 Å². The lowest BCUT2D eigenvalue weighted by Crippen LogP contribution is -1.85. The van der Waals surface area contributed by atoms with Gasteiger partial charge in [-0.3, -0.25) is 5.10 Å². The lowest BCUT2D eigenvalue weighted by molar-refractivity contribution is 0.607. The van der Waals surface area contributed by atoms with Gasteiger partial charge in [0.15, 0.2) is 6.26 Å². The predicted octanol–water partition coefficient (Wildman–Crippen LogP) is 4.71. The molecule has 3 heterocycles. The van der Waals surface area contributed by atoms with Crippen molar-refractivity contribution in [2.75, 3.05) is 0 Å². The number of furan rings is 1. The minimum absolute atomic E-state index is 0.753. The van der Waals surface area contributed by atoms with Crippen LogP contribution in [0.2, 0.25) is 0 Å². The Morgan fingerprint density at radius 1 is 0.852 bits per heavy atom. The molecular weight excluding hydrogens is 338 g/mol. The highest BCUT2D eigenvalue weighted by Gasteiger charge is 2.18. The van der Waals surface area contributed by atoms with E-state index in [1.165, 1.54) is 0 Å². The highest BCUT2D eigenvalue weighted by atomic mass is 16.3. The Morgan fingerprint density at radius 3 is 2.67 bits per heavy atom. The number of H-pyrrole nitrogens is 2. The quantitative estimate of drug-likeness (QED) is 0.473. The third-order valence-electron chi connectivity index (χ3n) is 4.81. The summed E-state index contributed by atoms with van der Waals surface area (Å²) >= 11 is 0. The van der Waals surface area contributed by atoms with Crippen molar-refractivity contribution < 1.29 is 4.42 Å². The van der Waals surface area contributed by atoms with E-state index in [0.29, 0.717) is 0 Å². The molecule has 3 aromatic heterocycles. The number of hydrogen-bond acceptors (Lipinski definition) is 4. The molecule has 0 amide bonds. The number of hydrogen-bond donors (Lipinski definition) is 2. The van der Waals surface area contributed by atoms with Crippen LogP contribution >= 0.6 is 0 Å². The number of rotatable bonds is 2. The van der Waals surface area contributed by atoms with Crippen LogP contribution in [0.5, 0.6) is 0 Å². The van der Waals surface area contributed by atoms with E-state index < -0.39 is 0 Å². The topological polar surface area (TPSA) is 83.4 Å². The molecule has 0 aliphatic rings. The lowest BCUT2D eigenvalue weighted by Gasteiger charge is -2.03. The molecule has 6 rings (SSSR count). The van der Waals surface area contributed by atoms with Crippen molar-refractivity contribution >= 4 is 33.0 Å². The first-order valence-electron chi connectivity index (χ1n) is 8.57. The Balaban J connectivity index is 1.67. The molecule has 27 heavy (non-hydrogen) atoms. The van der Waals surface area contributed by atoms with Crippen LogP contribution in [0.4, 0.5) is 0 Å². The Morgan fingerprint density at radius 2 is 1.70 bits per heavy atom. The summed E-state index contributed by atoms with van der Waals surface area (Å²) in [6.07, 6.45) is 3.06. The van der Waals surface area contributed by atoms with Crippen molar-refractivity contribution in [2.45, 2.75) is 0 Å². The molecule has 6 nitrogen and oxygen atoms in total. The molecule has 0 saturated carbocycles. The Labute approximate surface area is 152 Å². The summed E-state index contributed by atoms with van der Waals surface area (Å²) in [5.41, 5.74) is 7.07.